The third-order valence-electron chi connectivity index (χ3n) is 10.2. The molecule has 362 valence electrons. The van der Waals surface area contributed by atoms with E-state index < -0.39 is 99.3 Å². The normalized spacial score (nSPS) is 27.5. The number of esters is 2. The fourth-order valence-electron chi connectivity index (χ4n) is 6.47. The number of hydrogen-bond acceptors (Lipinski definition) is 15. The van der Waals surface area contributed by atoms with Gasteiger partial charge in [-0.2, -0.15) is 0 Å². The second-order valence-corrected chi connectivity index (χ2v) is 15.6. The molecule has 15 heteroatoms. The molecule has 0 bridgehead atoms. The van der Waals surface area contributed by atoms with Crippen LogP contribution < -0.4 is 0 Å². The third kappa shape index (κ3) is 24.1. The molecule has 0 spiro atoms. The van der Waals surface area contributed by atoms with Crippen molar-refractivity contribution in [2.24, 2.45) is 0 Å². The largest absolute Gasteiger partial charge is 0.462 e. The van der Waals surface area contributed by atoms with Crippen LogP contribution in [-0.2, 0) is 38.0 Å². The standard InChI is InChI=1S/C49H76O15/c1-3-5-7-9-11-13-15-17-18-20-21-23-25-27-29-31-40(51)59-34-37(62-41(52)32-30-28-26-24-22-19-16-14-12-10-8-6-4-2)35-60-48-47(58)45(56)43(54)39(64-48)36-61-49-46(57)44(55)42(53)38(33-50)63-49/h5-18,20-21,37-39,42-50,53-58H,3-4,19,22-36H2,1-2H3/b7-5+,8-6+,11-9+,12-10+,15-13+,16-14+,18-17+,21-20+/t37?,38-,39-,42+,43+,44?,45?,46?,47?,48-,49-/m1/s1. The average molecular weight is 905 g/mol. The van der Waals surface area contributed by atoms with Crippen molar-refractivity contribution in [3.05, 3.63) is 97.2 Å². The first kappa shape index (κ1) is 56.5. The van der Waals surface area contributed by atoms with Crippen LogP contribution in [0.25, 0.3) is 0 Å². The van der Waals surface area contributed by atoms with E-state index in [-0.39, 0.29) is 19.4 Å². The highest BCUT2D eigenvalue weighted by Crippen LogP contribution is 2.26. The summed E-state index contributed by atoms with van der Waals surface area (Å²) in [6, 6.07) is 0. The van der Waals surface area contributed by atoms with Gasteiger partial charge in [-0.3, -0.25) is 9.59 Å². The Balaban J connectivity index is 1.89. The molecule has 2 aliphatic heterocycles. The first-order valence-corrected chi connectivity index (χ1v) is 22.9. The van der Waals surface area contributed by atoms with Crippen molar-refractivity contribution in [3.8, 4) is 0 Å². The molecular formula is C49H76O15. The highest BCUT2D eigenvalue weighted by Gasteiger charge is 2.47. The van der Waals surface area contributed by atoms with Crippen LogP contribution in [0.3, 0.4) is 0 Å². The van der Waals surface area contributed by atoms with Crippen molar-refractivity contribution in [2.45, 2.75) is 171 Å². The summed E-state index contributed by atoms with van der Waals surface area (Å²) in [4.78, 5) is 25.6. The summed E-state index contributed by atoms with van der Waals surface area (Å²) in [6.07, 6.45) is 25.9. The quantitative estimate of drug-likeness (QED) is 0.0267. The van der Waals surface area contributed by atoms with Crippen molar-refractivity contribution in [2.75, 3.05) is 26.4 Å². The van der Waals surface area contributed by atoms with Gasteiger partial charge in [-0.1, -0.05) is 137 Å². The number of ether oxygens (including phenoxy) is 6. The van der Waals surface area contributed by atoms with Gasteiger partial charge in [0.25, 0.3) is 0 Å². The Kier molecular flexibility index (Phi) is 31.5. The minimum Gasteiger partial charge on any atom is -0.462 e. The van der Waals surface area contributed by atoms with E-state index in [1.807, 2.05) is 72.9 Å². The molecule has 0 aromatic carbocycles. The van der Waals surface area contributed by atoms with Gasteiger partial charge in [-0.15, -0.1) is 0 Å². The summed E-state index contributed by atoms with van der Waals surface area (Å²) >= 11 is 0. The monoisotopic (exact) mass is 905 g/mol. The molecule has 0 aromatic heterocycles. The van der Waals surface area contributed by atoms with Crippen molar-refractivity contribution in [3.63, 3.8) is 0 Å². The Hall–Kier alpha value is -3.58. The lowest BCUT2D eigenvalue weighted by Gasteiger charge is -2.42. The fourth-order valence-corrected chi connectivity index (χ4v) is 6.47. The second kappa shape index (κ2) is 35.7. The Morgan fingerprint density at radius 3 is 1.48 bits per heavy atom. The van der Waals surface area contributed by atoms with Gasteiger partial charge in [0.2, 0.25) is 0 Å². The number of unbranched alkanes of at least 4 members (excludes halogenated alkanes) is 8. The summed E-state index contributed by atoms with van der Waals surface area (Å²) in [5.74, 6) is -1.01. The van der Waals surface area contributed by atoms with Crippen LogP contribution in [0.15, 0.2) is 97.2 Å². The summed E-state index contributed by atoms with van der Waals surface area (Å²) in [5.41, 5.74) is 0. The fraction of sp³-hybridized carbons (Fsp3) is 0.633. The van der Waals surface area contributed by atoms with Crippen molar-refractivity contribution in [1.29, 1.82) is 0 Å². The second-order valence-electron chi connectivity index (χ2n) is 15.6. The minimum atomic E-state index is -1.78. The maximum absolute atomic E-state index is 12.9. The van der Waals surface area contributed by atoms with E-state index in [0.717, 1.165) is 64.2 Å². The van der Waals surface area contributed by atoms with Crippen LogP contribution in [0, 0.1) is 0 Å². The summed E-state index contributed by atoms with van der Waals surface area (Å²) in [6.45, 7) is 2.19. The van der Waals surface area contributed by atoms with Crippen molar-refractivity contribution < 1.29 is 73.8 Å². The van der Waals surface area contributed by atoms with Crippen molar-refractivity contribution in [1.82, 2.24) is 0 Å². The van der Waals surface area contributed by atoms with Gasteiger partial charge in [0.1, 0.15) is 55.4 Å². The smallest absolute Gasteiger partial charge is 0.306 e. The SMILES string of the molecule is CC/C=C/C=C/C=C/C=C/C=C/CCCCCC(=O)OCC(CO[C@@H]1O[C@H](CO[C@@H]2O[C@H](CO)[C@H](O)C(O)C2O)[C@H](O)C(O)C1O)OC(=O)CCCCCCC/C=C/C=C/C=C/CC. The molecule has 2 saturated heterocycles. The molecule has 2 heterocycles. The van der Waals surface area contributed by atoms with Crippen LogP contribution in [0.1, 0.15) is 104 Å². The first-order chi connectivity index (χ1) is 31.0. The first-order valence-electron chi connectivity index (χ1n) is 22.9. The predicted octanol–water partition coefficient (Wildman–Crippen LogP) is 5.03. The molecule has 15 nitrogen and oxygen atoms in total. The zero-order chi connectivity index (χ0) is 46.8. The van der Waals surface area contributed by atoms with E-state index in [4.69, 9.17) is 28.4 Å². The summed E-state index contributed by atoms with van der Waals surface area (Å²) in [7, 11) is 0. The lowest BCUT2D eigenvalue weighted by molar-refractivity contribution is -0.332. The zero-order valence-electron chi connectivity index (χ0n) is 37.7. The van der Waals surface area contributed by atoms with Gasteiger partial charge >= 0.3 is 11.9 Å². The molecule has 64 heavy (non-hydrogen) atoms. The maximum atomic E-state index is 12.9. The van der Waals surface area contributed by atoms with E-state index in [0.29, 0.717) is 12.8 Å². The van der Waals surface area contributed by atoms with Gasteiger partial charge in [-0.25, -0.2) is 0 Å². The number of allylic oxidation sites excluding steroid dienone is 16. The van der Waals surface area contributed by atoms with Crippen molar-refractivity contribution >= 4 is 11.9 Å². The van der Waals surface area contributed by atoms with E-state index in [1.165, 1.54) is 0 Å². The van der Waals surface area contributed by atoms with Gasteiger partial charge in [0.15, 0.2) is 18.7 Å². The van der Waals surface area contributed by atoms with Crippen LogP contribution in [0.4, 0.5) is 0 Å². The average Bonchev–Trinajstić information content (AvgIpc) is 3.29. The van der Waals surface area contributed by atoms with Gasteiger partial charge in [0, 0.05) is 12.8 Å². The maximum Gasteiger partial charge on any atom is 0.306 e. The lowest BCUT2D eigenvalue weighted by Crippen LogP contribution is -2.61. The predicted molar refractivity (Wildman–Crippen MR) is 242 cm³/mol. The highest BCUT2D eigenvalue weighted by atomic mass is 16.7. The number of carbonyl (C=O) groups is 2. The Bertz CT molecular complexity index is 1480. The Morgan fingerprint density at radius 1 is 0.500 bits per heavy atom. The summed E-state index contributed by atoms with van der Waals surface area (Å²) < 4.78 is 33.4. The van der Waals surface area contributed by atoms with Gasteiger partial charge < -0.3 is 64.2 Å². The molecule has 0 amide bonds. The van der Waals surface area contributed by atoms with E-state index >= 15 is 0 Å². The molecule has 5 unspecified atom stereocenters. The highest BCUT2D eigenvalue weighted by molar-refractivity contribution is 5.70. The molecule has 0 aliphatic carbocycles. The Morgan fingerprint density at radius 2 is 0.938 bits per heavy atom. The number of carbonyl (C=O) groups excluding carboxylic acids is 2. The summed E-state index contributed by atoms with van der Waals surface area (Å²) in [5, 5.41) is 71.9. The van der Waals surface area contributed by atoms with E-state index in [9.17, 15) is 45.3 Å². The number of aliphatic hydroxyl groups excluding tert-OH is 7. The zero-order valence-corrected chi connectivity index (χ0v) is 37.7. The molecule has 0 radical (unpaired) electrons. The Labute approximate surface area is 379 Å². The lowest BCUT2D eigenvalue weighted by atomic mass is 9.98. The topological polar surface area (TPSA) is 231 Å². The molecule has 2 fully saturated rings. The third-order valence-corrected chi connectivity index (χ3v) is 10.2. The molecule has 7 N–H and O–H groups in total. The van der Waals surface area contributed by atoms with Crippen LogP contribution in [0.2, 0.25) is 0 Å². The number of hydrogen-bond donors (Lipinski definition) is 7. The molecule has 2 aliphatic rings. The van der Waals surface area contributed by atoms with E-state index in [2.05, 4.69) is 38.2 Å². The van der Waals surface area contributed by atoms with Gasteiger partial charge in [0.05, 0.1) is 19.8 Å². The molecule has 2 rings (SSSR count). The molecule has 0 aromatic rings. The van der Waals surface area contributed by atoms with Crippen LogP contribution in [-0.4, -0.2) is 142 Å². The van der Waals surface area contributed by atoms with E-state index in [1.54, 1.807) is 0 Å². The molecule has 0 saturated carbocycles. The van der Waals surface area contributed by atoms with Crippen LogP contribution in [0.5, 0.6) is 0 Å². The number of rotatable bonds is 32. The molecule has 11 atom stereocenters. The number of aliphatic hydroxyl groups is 7. The van der Waals surface area contributed by atoms with Gasteiger partial charge in [-0.05, 0) is 51.4 Å². The molecular weight excluding hydrogens is 829 g/mol. The minimum absolute atomic E-state index is 0.125. The van der Waals surface area contributed by atoms with Crippen LogP contribution >= 0.6 is 0 Å².